The van der Waals surface area contributed by atoms with Gasteiger partial charge in [-0.25, -0.2) is 12.8 Å². The fraction of sp³-hybridized carbons (Fsp3) is 0.167. The fourth-order valence-corrected chi connectivity index (χ4v) is 5.08. The van der Waals surface area contributed by atoms with Gasteiger partial charge in [0.2, 0.25) is 0 Å². The summed E-state index contributed by atoms with van der Waals surface area (Å²) in [7, 11) is -3.43. The molecule has 88 valence electrons. The molecular weight excluding hydrogens is 307 g/mol. The van der Waals surface area contributed by atoms with Crippen LogP contribution < -0.4 is 0 Å². The van der Waals surface area contributed by atoms with Crippen molar-refractivity contribution >= 4 is 25.8 Å². The van der Waals surface area contributed by atoms with Gasteiger partial charge >= 0.3 is 0 Å². The molecule has 0 saturated heterocycles. The Morgan fingerprint density at radius 3 is 2.82 bits per heavy atom. The fourth-order valence-electron chi connectivity index (χ4n) is 2.51. The van der Waals surface area contributed by atoms with Crippen LogP contribution in [0.2, 0.25) is 0 Å². The van der Waals surface area contributed by atoms with Gasteiger partial charge < -0.3 is 0 Å². The van der Waals surface area contributed by atoms with Crippen molar-refractivity contribution in [2.45, 2.75) is 6.42 Å². The Labute approximate surface area is 107 Å². The van der Waals surface area contributed by atoms with Gasteiger partial charge in [0.05, 0.1) is 10.3 Å². The van der Waals surface area contributed by atoms with Crippen LogP contribution in [0.25, 0.3) is 0 Å². The highest BCUT2D eigenvalue weighted by Crippen LogP contribution is 2.57. The average molecular weight is 315 g/mol. The Kier molecular flexibility index (Phi) is 2.16. The molecule has 1 unspecified atom stereocenters. The van der Waals surface area contributed by atoms with Gasteiger partial charge in [-0.05, 0) is 23.8 Å². The summed E-state index contributed by atoms with van der Waals surface area (Å²) in [4.78, 5) is 0.266. The highest BCUT2D eigenvalue weighted by Gasteiger charge is 2.50. The molecule has 0 aromatic heterocycles. The molecule has 3 rings (SSSR count). The molecule has 1 spiro atoms. The van der Waals surface area contributed by atoms with Gasteiger partial charge in [0.25, 0.3) is 0 Å². The van der Waals surface area contributed by atoms with Crippen molar-refractivity contribution in [1.82, 2.24) is 0 Å². The van der Waals surface area contributed by atoms with E-state index in [-0.39, 0.29) is 17.2 Å². The molecule has 2 aliphatic carbocycles. The number of rotatable bonds is 0. The lowest BCUT2D eigenvalue weighted by molar-refractivity contribution is 0.475. The zero-order valence-electron chi connectivity index (χ0n) is 8.65. The SMILES string of the molecule is O=S1(=O)C=C2C(Br)=CC=CC23CC(F)=CC=C31. The molecule has 1 aliphatic heterocycles. The highest BCUT2D eigenvalue weighted by atomic mass is 79.9. The van der Waals surface area contributed by atoms with Crippen LogP contribution in [0.1, 0.15) is 6.42 Å². The van der Waals surface area contributed by atoms with Crippen molar-refractivity contribution in [3.8, 4) is 0 Å². The third-order valence-corrected chi connectivity index (χ3v) is 5.59. The second-order valence-corrected chi connectivity index (χ2v) is 6.86. The van der Waals surface area contributed by atoms with Gasteiger partial charge in [-0.1, -0.05) is 28.1 Å². The Morgan fingerprint density at radius 1 is 1.29 bits per heavy atom. The molecular formula is C12H8BrFO2S. The number of allylic oxidation sites excluding steroid dienone is 9. The van der Waals surface area contributed by atoms with E-state index < -0.39 is 15.3 Å². The lowest BCUT2D eigenvalue weighted by Gasteiger charge is -2.32. The van der Waals surface area contributed by atoms with Crippen molar-refractivity contribution in [2.24, 2.45) is 5.41 Å². The van der Waals surface area contributed by atoms with Crippen molar-refractivity contribution < 1.29 is 12.8 Å². The van der Waals surface area contributed by atoms with Crippen LogP contribution in [0.4, 0.5) is 4.39 Å². The summed E-state index contributed by atoms with van der Waals surface area (Å²) in [6.07, 6.45) is 7.96. The number of hydrogen-bond donors (Lipinski definition) is 0. The summed E-state index contributed by atoms with van der Waals surface area (Å²) < 4.78 is 38.3. The van der Waals surface area contributed by atoms with Crippen molar-refractivity contribution in [2.75, 3.05) is 0 Å². The molecule has 2 nitrogen and oxygen atoms in total. The minimum Gasteiger partial charge on any atom is -0.219 e. The molecule has 0 radical (unpaired) electrons. The molecule has 0 aromatic carbocycles. The van der Waals surface area contributed by atoms with Crippen LogP contribution in [-0.2, 0) is 9.84 Å². The standard InChI is InChI=1S/C12H8BrFO2S/c13-10-2-1-5-12-6-8(14)3-4-11(12)17(15,16)7-9(10)12/h1-5,7H,6H2. The first kappa shape index (κ1) is 11.2. The first-order valence-corrected chi connectivity index (χ1v) is 7.39. The monoisotopic (exact) mass is 314 g/mol. The maximum atomic E-state index is 13.5. The molecule has 1 heterocycles. The third kappa shape index (κ3) is 1.39. The second kappa shape index (κ2) is 3.29. The Balaban J connectivity index is 2.34. The summed E-state index contributed by atoms with van der Waals surface area (Å²) in [5.74, 6) is -0.302. The average Bonchev–Trinajstić information content (AvgIpc) is 2.47. The second-order valence-electron chi connectivity index (χ2n) is 4.24. The molecule has 5 heteroatoms. The molecule has 0 amide bonds. The molecule has 0 aromatic rings. The normalized spacial score (nSPS) is 33.1. The Hall–Kier alpha value is -0.940. The van der Waals surface area contributed by atoms with Gasteiger partial charge in [-0.2, -0.15) is 0 Å². The molecule has 0 fully saturated rings. The summed E-state index contributed by atoms with van der Waals surface area (Å²) in [6, 6.07) is 0. The summed E-state index contributed by atoms with van der Waals surface area (Å²) in [5, 5.41) is 1.23. The van der Waals surface area contributed by atoms with Crippen LogP contribution in [0, 0.1) is 5.41 Å². The molecule has 0 N–H and O–H groups in total. The van der Waals surface area contributed by atoms with E-state index in [1.54, 1.807) is 18.2 Å². The molecule has 17 heavy (non-hydrogen) atoms. The van der Waals surface area contributed by atoms with Crippen LogP contribution in [-0.4, -0.2) is 8.42 Å². The molecule has 0 saturated carbocycles. The maximum absolute atomic E-state index is 13.5. The minimum atomic E-state index is -3.43. The highest BCUT2D eigenvalue weighted by molar-refractivity contribution is 9.12. The molecule has 1 atom stereocenters. The van der Waals surface area contributed by atoms with Gasteiger partial charge in [0, 0.05) is 16.3 Å². The van der Waals surface area contributed by atoms with E-state index in [9.17, 15) is 12.8 Å². The first-order chi connectivity index (χ1) is 7.96. The Morgan fingerprint density at radius 2 is 2.06 bits per heavy atom. The van der Waals surface area contributed by atoms with Crippen LogP contribution in [0.5, 0.6) is 0 Å². The first-order valence-electron chi connectivity index (χ1n) is 5.05. The van der Waals surface area contributed by atoms with E-state index in [0.717, 1.165) is 0 Å². The lowest BCUT2D eigenvalue weighted by Crippen LogP contribution is -2.25. The number of halogens is 2. The van der Waals surface area contributed by atoms with E-state index >= 15 is 0 Å². The van der Waals surface area contributed by atoms with Crippen molar-refractivity contribution in [3.63, 3.8) is 0 Å². The third-order valence-electron chi connectivity index (χ3n) is 3.24. The molecule has 0 bridgehead atoms. The van der Waals surface area contributed by atoms with Crippen LogP contribution in [0.3, 0.4) is 0 Å². The Bertz CT molecular complexity index is 665. The largest absolute Gasteiger partial charge is 0.219 e. The maximum Gasteiger partial charge on any atom is 0.197 e. The van der Waals surface area contributed by atoms with Gasteiger partial charge in [0.15, 0.2) is 9.84 Å². The van der Waals surface area contributed by atoms with E-state index in [0.29, 0.717) is 10.1 Å². The van der Waals surface area contributed by atoms with Gasteiger partial charge in [-0.15, -0.1) is 0 Å². The summed E-state index contributed by atoms with van der Waals surface area (Å²) in [6.45, 7) is 0. The van der Waals surface area contributed by atoms with E-state index in [1.807, 2.05) is 0 Å². The summed E-state index contributed by atoms with van der Waals surface area (Å²) >= 11 is 3.33. The lowest BCUT2D eigenvalue weighted by atomic mass is 9.73. The zero-order chi connectivity index (χ0) is 12.3. The predicted octanol–water partition coefficient (Wildman–Crippen LogP) is 3.27. The van der Waals surface area contributed by atoms with E-state index in [1.165, 1.54) is 17.6 Å². The number of hydrogen-bond acceptors (Lipinski definition) is 2. The van der Waals surface area contributed by atoms with Crippen LogP contribution in [0.15, 0.2) is 56.6 Å². The van der Waals surface area contributed by atoms with Crippen molar-refractivity contribution in [1.29, 1.82) is 0 Å². The zero-order valence-corrected chi connectivity index (χ0v) is 11.1. The van der Waals surface area contributed by atoms with Crippen LogP contribution >= 0.6 is 15.9 Å². The van der Waals surface area contributed by atoms with Gasteiger partial charge in [-0.3, -0.25) is 0 Å². The molecule has 3 aliphatic rings. The van der Waals surface area contributed by atoms with Crippen molar-refractivity contribution in [3.05, 3.63) is 56.6 Å². The van der Waals surface area contributed by atoms with E-state index in [4.69, 9.17) is 0 Å². The predicted molar refractivity (Wildman–Crippen MR) is 67.5 cm³/mol. The smallest absolute Gasteiger partial charge is 0.197 e. The minimum absolute atomic E-state index is 0.0728. The quantitative estimate of drug-likeness (QED) is 0.687. The summed E-state index contributed by atoms with van der Waals surface area (Å²) in [5.41, 5.74) is -0.222. The van der Waals surface area contributed by atoms with Gasteiger partial charge in [0.1, 0.15) is 5.83 Å². The topological polar surface area (TPSA) is 34.1 Å². The number of sulfone groups is 1. The van der Waals surface area contributed by atoms with E-state index in [2.05, 4.69) is 15.9 Å².